The quantitative estimate of drug-likeness (QED) is 0.521. The number of nitrogens with one attached hydrogen (secondary N) is 1. The summed E-state index contributed by atoms with van der Waals surface area (Å²) in [4.78, 5) is 27.9. The van der Waals surface area contributed by atoms with Crippen LogP contribution in [0.15, 0.2) is 41.9 Å². The van der Waals surface area contributed by atoms with Crippen LogP contribution in [0.1, 0.15) is 28.7 Å². The molecule has 164 valence electrons. The number of amides is 1. The summed E-state index contributed by atoms with van der Waals surface area (Å²) in [5, 5.41) is 8.53. The molecule has 0 saturated carbocycles. The van der Waals surface area contributed by atoms with Gasteiger partial charge in [0.05, 0.1) is 24.3 Å². The Labute approximate surface area is 178 Å². The van der Waals surface area contributed by atoms with Crippen molar-refractivity contribution < 1.29 is 32.2 Å². The second kappa shape index (κ2) is 9.60. The van der Waals surface area contributed by atoms with Gasteiger partial charge in [-0.3, -0.25) is 14.9 Å². The zero-order chi connectivity index (χ0) is 22.4. The standard InChI is InChI=1S/C19H17F3N4O4S/c1-2-29-16(27)9-13-10-31-18(23-13)24-17(28)15-6-7-26(25-15)11-30-14-5-3-4-12(8-14)19(20,21)22/h3-8,10H,2,9,11H2,1H3,(H,23,24,28). The lowest BCUT2D eigenvalue weighted by molar-refractivity contribution is -0.142. The first-order chi connectivity index (χ1) is 14.7. The molecule has 31 heavy (non-hydrogen) atoms. The number of ether oxygens (including phenoxy) is 2. The van der Waals surface area contributed by atoms with Gasteiger partial charge in [0.15, 0.2) is 17.6 Å². The zero-order valence-electron chi connectivity index (χ0n) is 16.2. The number of rotatable bonds is 8. The predicted octanol–water partition coefficient (Wildman–Crippen LogP) is 3.75. The number of benzene rings is 1. The van der Waals surface area contributed by atoms with Gasteiger partial charge < -0.3 is 9.47 Å². The largest absolute Gasteiger partial charge is 0.471 e. The molecule has 0 unspecified atom stereocenters. The van der Waals surface area contributed by atoms with Crippen LogP contribution in [-0.2, 0) is 28.9 Å². The molecule has 0 radical (unpaired) electrons. The average Bonchev–Trinajstić information content (AvgIpc) is 3.36. The molecule has 0 atom stereocenters. The fourth-order valence-corrected chi connectivity index (χ4v) is 3.13. The molecule has 8 nitrogen and oxygen atoms in total. The third-order valence-electron chi connectivity index (χ3n) is 3.80. The number of aromatic nitrogens is 3. The minimum atomic E-state index is -4.47. The summed E-state index contributed by atoms with van der Waals surface area (Å²) in [6.45, 7) is 1.79. The summed E-state index contributed by atoms with van der Waals surface area (Å²) >= 11 is 1.15. The lowest BCUT2D eigenvalue weighted by atomic mass is 10.2. The maximum absolute atomic E-state index is 12.8. The monoisotopic (exact) mass is 454 g/mol. The summed E-state index contributed by atoms with van der Waals surface area (Å²) in [7, 11) is 0. The molecule has 2 heterocycles. The molecular weight excluding hydrogens is 437 g/mol. The van der Waals surface area contributed by atoms with Gasteiger partial charge in [0.1, 0.15) is 5.75 Å². The molecule has 0 spiro atoms. The van der Waals surface area contributed by atoms with Gasteiger partial charge in [0, 0.05) is 11.6 Å². The number of esters is 1. The summed E-state index contributed by atoms with van der Waals surface area (Å²) < 4.78 is 49.7. The van der Waals surface area contributed by atoms with Gasteiger partial charge in [-0.2, -0.15) is 18.3 Å². The van der Waals surface area contributed by atoms with E-state index in [1.165, 1.54) is 29.1 Å². The Morgan fingerprint density at radius 2 is 2.06 bits per heavy atom. The van der Waals surface area contributed by atoms with Gasteiger partial charge in [-0.15, -0.1) is 11.3 Å². The fraction of sp³-hybridized carbons (Fsp3) is 0.263. The molecule has 0 bridgehead atoms. The van der Waals surface area contributed by atoms with E-state index in [-0.39, 0.29) is 31.2 Å². The van der Waals surface area contributed by atoms with Crippen molar-refractivity contribution >= 4 is 28.3 Å². The Morgan fingerprint density at radius 3 is 2.81 bits per heavy atom. The van der Waals surface area contributed by atoms with Crippen LogP contribution in [0.2, 0.25) is 0 Å². The molecule has 3 aromatic rings. The molecule has 0 fully saturated rings. The van der Waals surface area contributed by atoms with Crippen LogP contribution >= 0.6 is 11.3 Å². The van der Waals surface area contributed by atoms with E-state index in [4.69, 9.17) is 9.47 Å². The van der Waals surface area contributed by atoms with Crippen LogP contribution in [0.3, 0.4) is 0 Å². The Kier molecular flexibility index (Phi) is 6.90. The van der Waals surface area contributed by atoms with E-state index in [0.29, 0.717) is 10.8 Å². The highest BCUT2D eigenvalue weighted by atomic mass is 32.1. The third kappa shape index (κ3) is 6.28. The van der Waals surface area contributed by atoms with Crippen molar-refractivity contribution in [2.45, 2.75) is 26.3 Å². The summed E-state index contributed by atoms with van der Waals surface area (Å²) in [6.07, 6.45) is -3.01. The van der Waals surface area contributed by atoms with E-state index in [1.54, 1.807) is 12.3 Å². The number of carbonyl (C=O) groups is 2. The molecule has 12 heteroatoms. The third-order valence-corrected chi connectivity index (χ3v) is 4.61. The lowest BCUT2D eigenvalue weighted by Gasteiger charge is -2.10. The molecule has 0 aliphatic carbocycles. The number of carbonyl (C=O) groups excluding carboxylic acids is 2. The first kappa shape index (κ1) is 22.3. The highest BCUT2D eigenvalue weighted by Crippen LogP contribution is 2.31. The topological polar surface area (TPSA) is 95.3 Å². The molecule has 1 amide bonds. The summed E-state index contributed by atoms with van der Waals surface area (Å²) in [5.41, 5.74) is -0.287. The normalized spacial score (nSPS) is 11.2. The van der Waals surface area contributed by atoms with E-state index < -0.39 is 23.6 Å². The van der Waals surface area contributed by atoms with Gasteiger partial charge in [-0.25, -0.2) is 9.67 Å². The molecule has 0 saturated heterocycles. The molecule has 1 N–H and O–H groups in total. The number of halogens is 3. The fourth-order valence-electron chi connectivity index (χ4n) is 2.42. The second-order valence-electron chi connectivity index (χ2n) is 6.12. The van der Waals surface area contributed by atoms with E-state index in [0.717, 1.165) is 23.5 Å². The van der Waals surface area contributed by atoms with Crippen molar-refractivity contribution in [3.05, 3.63) is 58.9 Å². The summed E-state index contributed by atoms with van der Waals surface area (Å²) in [5.74, 6) is -0.923. The van der Waals surface area contributed by atoms with Crippen molar-refractivity contribution in [2.24, 2.45) is 0 Å². The first-order valence-electron chi connectivity index (χ1n) is 8.99. The number of thiazole rings is 1. The molecular formula is C19H17F3N4O4S. The number of anilines is 1. The van der Waals surface area contributed by atoms with Crippen LogP contribution in [0, 0.1) is 0 Å². The molecule has 2 aromatic heterocycles. The van der Waals surface area contributed by atoms with Crippen molar-refractivity contribution in [1.82, 2.24) is 14.8 Å². The van der Waals surface area contributed by atoms with Gasteiger partial charge >= 0.3 is 12.1 Å². The van der Waals surface area contributed by atoms with Crippen LogP contribution < -0.4 is 10.1 Å². The molecule has 3 rings (SSSR count). The maximum atomic E-state index is 12.8. The number of hydrogen-bond donors (Lipinski definition) is 1. The number of hydrogen-bond acceptors (Lipinski definition) is 7. The van der Waals surface area contributed by atoms with Crippen molar-refractivity contribution in [2.75, 3.05) is 11.9 Å². The van der Waals surface area contributed by atoms with Crippen molar-refractivity contribution in [3.63, 3.8) is 0 Å². The number of nitrogens with zero attached hydrogens (tertiary/aromatic N) is 3. The SMILES string of the molecule is CCOC(=O)Cc1csc(NC(=O)c2ccn(COc3cccc(C(F)(F)F)c3)n2)n1. The van der Waals surface area contributed by atoms with Crippen LogP contribution in [0.4, 0.5) is 18.3 Å². The van der Waals surface area contributed by atoms with Crippen LogP contribution in [-0.4, -0.2) is 33.2 Å². The number of alkyl halides is 3. The Morgan fingerprint density at radius 1 is 1.26 bits per heavy atom. The van der Waals surface area contributed by atoms with Gasteiger partial charge in [-0.05, 0) is 31.2 Å². The minimum absolute atomic E-state index is 0.00170. The first-order valence-corrected chi connectivity index (χ1v) is 9.87. The van der Waals surface area contributed by atoms with E-state index >= 15 is 0 Å². The Bertz CT molecular complexity index is 1060. The minimum Gasteiger partial charge on any atom is -0.471 e. The average molecular weight is 454 g/mol. The Hall–Kier alpha value is -3.41. The van der Waals surface area contributed by atoms with Gasteiger partial charge in [0.25, 0.3) is 5.91 Å². The predicted molar refractivity (Wildman–Crippen MR) is 105 cm³/mol. The van der Waals surface area contributed by atoms with Crippen molar-refractivity contribution in [3.8, 4) is 5.75 Å². The van der Waals surface area contributed by atoms with Crippen LogP contribution in [0.25, 0.3) is 0 Å². The molecule has 0 aliphatic heterocycles. The highest BCUT2D eigenvalue weighted by Gasteiger charge is 2.30. The second-order valence-corrected chi connectivity index (χ2v) is 6.98. The van der Waals surface area contributed by atoms with Crippen LogP contribution in [0.5, 0.6) is 5.75 Å². The van der Waals surface area contributed by atoms with Gasteiger partial charge in [0.2, 0.25) is 0 Å². The molecule has 1 aromatic carbocycles. The van der Waals surface area contributed by atoms with E-state index in [2.05, 4.69) is 15.4 Å². The van der Waals surface area contributed by atoms with E-state index in [9.17, 15) is 22.8 Å². The smallest absolute Gasteiger partial charge is 0.416 e. The van der Waals surface area contributed by atoms with Crippen molar-refractivity contribution in [1.29, 1.82) is 0 Å². The zero-order valence-corrected chi connectivity index (χ0v) is 17.0. The van der Waals surface area contributed by atoms with Gasteiger partial charge in [-0.1, -0.05) is 6.07 Å². The highest BCUT2D eigenvalue weighted by molar-refractivity contribution is 7.14. The summed E-state index contributed by atoms with van der Waals surface area (Å²) in [6, 6.07) is 5.89. The van der Waals surface area contributed by atoms with E-state index in [1.807, 2.05) is 0 Å². The molecule has 0 aliphatic rings. The lowest BCUT2D eigenvalue weighted by Crippen LogP contribution is -2.14. The Balaban J connectivity index is 1.55. The maximum Gasteiger partial charge on any atom is 0.416 e.